The minimum atomic E-state index is -0.927. The van der Waals surface area contributed by atoms with E-state index >= 15 is 0 Å². The van der Waals surface area contributed by atoms with Gasteiger partial charge in [0.2, 0.25) is 0 Å². The van der Waals surface area contributed by atoms with Crippen LogP contribution in [0.1, 0.15) is 19.4 Å². The molecule has 1 rings (SSSR count). The van der Waals surface area contributed by atoms with Gasteiger partial charge in [0.1, 0.15) is 5.82 Å². The molecule has 2 nitrogen and oxygen atoms in total. The molecular formula is C10H13F2NO. The third kappa shape index (κ3) is 2.42. The maximum Gasteiger partial charge on any atom is 0.170 e. The van der Waals surface area contributed by atoms with E-state index in [1.165, 1.54) is 0 Å². The molecule has 1 aromatic rings. The van der Waals surface area contributed by atoms with E-state index in [0.29, 0.717) is 0 Å². The zero-order chi connectivity index (χ0) is 10.9. The molecule has 0 aliphatic heterocycles. The highest BCUT2D eigenvalue weighted by Gasteiger charge is 2.20. The van der Waals surface area contributed by atoms with Gasteiger partial charge in [-0.25, -0.2) is 8.78 Å². The predicted octanol–water partition coefficient (Wildman–Crippen LogP) is 1.95. The fraction of sp³-hybridized carbons (Fsp3) is 0.400. The van der Waals surface area contributed by atoms with E-state index in [9.17, 15) is 8.78 Å². The first-order chi connectivity index (χ1) is 6.31. The van der Waals surface area contributed by atoms with E-state index in [-0.39, 0.29) is 12.0 Å². The van der Waals surface area contributed by atoms with E-state index in [4.69, 9.17) is 10.8 Å². The lowest BCUT2D eigenvalue weighted by Crippen LogP contribution is -2.35. The van der Waals surface area contributed by atoms with Crippen molar-refractivity contribution in [1.29, 1.82) is 0 Å². The van der Waals surface area contributed by atoms with E-state index in [1.807, 2.05) is 0 Å². The van der Waals surface area contributed by atoms with Gasteiger partial charge in [0.15, 0.2) is 11.6 Å². The Morgan fingerprint density at radius 1 is 1.36 bits per heavy atom. The smallest absolute Gasteiger partial charge is 0.170 e. The molecule has 0 radical (unpaired) electrons. The van der Waals surface area contributed by atoms with Crippen LogP contribution in [0.3, 0.4) is 0 Å². The molecule has 0 aliphatic rings. The summed E-state index contributed by atoms with van der Waals surface area (Å²) in [6.07, 6.45) is 0.0407. The molecule has 0 fully saturated rings. The fourth-order valence-electron chi connectivity index (χ4n) is 1.20. The quantitative estimate of drug-likeness (QED) is 0.768. The van der Waals surface area contributed by atoms with Crippen LogP contribution in [-0.2, 0) is 6.42 Å². The number of hydrogen-bond donors (Lipinski definition) is 2. The summed E-state index contributed by atoms with van der Waals surface area (Å²) >= 11 is 0. The van der Waals surface area contributed by atoms with Gasteiger partial charge in [0.05, 0.1) is 0 Å². The monoisotopic (exact) mass is 201 g/mol. The third-order valence-corrected chi connectivity index (χ3v) is 1.80. The molecule has 78 valence electrons. The Hall–Kier alpha value is -1.16. The molecule has 4 heteroatoms. The summed E-state index contributed by atoms with van der Waals surface area (Å²) < 4.78 is 26.4. The highest BCUT2D eigenvalue weighted by atomic mass is 19.1. The Balaban J connectivity index is 3.13. The average Bonchev–Trinajstić information content (AvgIpc) is 2.04. The van der Waals surface area contributed by atoms with Crippen molar-refractivity contribution in [2.45, 2.75) is 25.8 Å². The largest absolute Gasteiger partial charge is 0.505 e. The molecule has 0 heterocycles. The van der Waals surface area contributed by atoms with Gasteiger partial charge in [-0.2, -0.15) is 0 Å². The van der Waals surface area contributed by atoms with Crippen LogP contribution < -0.4 is 5.73 Å². The summed E-state index contributed by atoms with van der Waals surface area (Å²) in [7, 11) is 0. The molecule has 0 saturated carbocycles. The maximum absolute atomic E-state index is 13.2. The normalized spacial score (nSPS) is 11.8. The number of rotatable bonds is 2. The summed E-state index contributed by atoms with van der Waals surface area (Å²) in [4.78, 5) is 0. The van der Waals surface area contributed by atoms with Crippen LogP contribution in [0.4, 0.5) is 8.78 Å². The van der Waals surface area contributed by atoms with E-state index < -0.39 is 22.9 Å². The zero-order valence-electron chi connectivity index (χ0n) is 8.14. The van der Waals surface area contributed by atoms with E-state index in [2.05, 4.69) is 0 Å². The fourth-order valence-corrected chi connectivity index (χ4v) is 1.20. The van der Waals surface area contributed by atoms with Crippen molar-refractivity contribution in [2.75, 3.05) is 0 Å². The van der Waals surface area contributed by atoms with Gasteiger partial charge >= 0.3 is 0 Å². The summed E-state index contributed by atoms with van der Waals surface area (Å²) in [6, 6.07) is 2.01. The van der Waals surface area contributed by atoms with Crippen molar-refractivity contribution >= 4 is 0 Å². The van der Waals surface area contributed by atoms with Crippen LogP contribution in [0.25, 0.3) is 0 Å². The maximum atomic E-state index is 13.2. The number of phenols is 1. The highest BCUT2D eigenvalue weighted by molar-refractivity contribution is 5.32. The third-order valence-electron chi connectivity index (χ3n) is 1.80. The molecule has 0 aromatic heterocycles. The summed E-state index contributed by atoms with van der Waals surface area (Å²) in [5, 5.41) is 9.04. The second-order valence-corrected chi connectivity index (χ2v) is 4.02. The van der Waals surface area contributed by atoms with Crippen LogP contribution in [0.2, 0.25) is 0 Å². The summed E-state index contributed by atoms with van der Waals surface area (Å²) in [5.74, 6) is -2.16. The first kappa shape index (κ1) is 10.9. The molecule has 0 aliphatic carbocycles. The van der Waals surface area contributed by atoms with Crippen molar-refractivity contribution in [3.8, 4) is 5.75 Å². The second-order valence-electron chi connectivity index (χ2n) is 4.02. The molecule has 1 aromatic carbocycles. The standard InChI is InChI=1S/C10H13F2NO/c1-10(2,13)5-6-7(11)3-4-8(14)9(6)12/h3-4,14H,5,13H2,1-2H3. The molecule has 0 unspecified atom stereocenters. The lowest BCUT2D eigenvalue weighted by molar-refractivity contribution is 0.411. The van der Waals surface area contributed by atoms with Gasteiger partial charge < -0.3 is 10.8 Å². The topological polar surface area (TPSA) is 46.2 Å². The van der Waals surface area contributed by atoms with Crippen LogP contribution >= 0.6 is 0 Å². The van der Waals surface area contributed by atoms with Gasteiger partial charge in [0.25, 0.3) is 0 Å². The van der Waals surface area contributed by atoms with Crippen LogP contribution in [0.5, 0.6) is 5.75 Å². The van der Waals surface area contributed by atoms with Gasteiger partial charge in [-0.1, -0.05) is 0 Å². The molecule has 14 heavy (non-hydrogen) atoms. The van der Waals surface area contributed by atoms with Crippen molar-refractivity contribution in [3.63, 3.8) is 0 Å². The second kappa shape index (κ2) is 3.53. The first-order valence-corrected chi connectivity index (χ1v) is 4.26. The highest BCUT2D eigenvalue weighted by Crippen LogP contribution is 2.24. The zero-order valence-corrected chi connectivity index (χ0v) is 8.14. The molecule has 0 saturated heterocycles. The summed E-state index contributed by atoms with van der Waals surface area (Å²) in [5.41, 5.74) is 4.76. The average molecular weight is 201 g/mol. The van der Waals surface area contributed by atoms with E-state index in [1.54, 1.807) is 13.8 Å². The number of benzene rings is 1. The number of aromatic hydroxyl groups is 1. The predicted molar refractivity (Wildman–Crippen MR) is 50.0 cm³/mol. The minimum absolute atomic E-state index is 0.0407. The Labute approximate surface area is 81.4 Å². The molecule has 3 N–H and O–H groups in total. The number of phenolic OH excluding ortho intramolecular Hbond substituents is 1. The number of halogens is 2. The Bertz CT molecular complexity index is 345. The summed E-state index contributed by atoms with van der Waals surface area (Å²) in [6.45, 7) is 3.33. The van der Waals surface area contributed by atoms with Gasteiger partial charge in [-0.15, -0.1) is 0 Å². The van der Waals surface area contributed by atoms with E-state index in [0.717, 1.165) is 12.1 Å². The Morgan fingerprint density at radius 3 is 2.43 bits per heavy atom. The molecule has 0 amide bonds. The molecule has 0 atom stereocenters. The van der Waals surface area contributed by atoms with Crippen molar-refractivity contribution in [1.82, 2.24) is 0 Å². The Kier molecular flexibility index (Phi) is 2.76. The molecular weight excluding hydrogens is 188 g/mol. The van der Waals surface area contributed by atoms with Crippen molar-refractivity contribution < 1.29 is 13.9 Å². The van der Waals surface area contributed by atoms with Gasteiger partial charge in [-0.3, -0.25) is 0 Å². The van der Waals surface area contributed by atoms with Crippen molar-refractivity contribution in [3.05, 3.63) is 29.3 Å². The lowest BCUT2D eigenvalue weighted by Gasteiger charge is -2.19. The molecule has 0 bridgehead atoms. The Morgan fingerprint density at radius 2 is 1.93 bits per heavy atom. The van der Waals surface area contributed by atoms with Crippen LogP contribution in [0.15, 0.2) is 12.1 Å². The minimum Gasteiger partial charge on any atom is -0.505 e. The lowest BCUT2D eigenvalue weighted by atomic mass is 9.95. The van der Waals surface area contributed by atoms with Crippen molar-refractivity contribution in [2.24, 2.45) is 5.73 Å². The SMILES string of the molecule is CC(C)(N)Cc1c(F)ccc(O)c1F. The van der Waals surface area contributed by atoms with Crippen LogP contribution in [0, 0.1) is 11.6 Å². The first-order valence-electron chi connectivity index (χ1n) is 4.26. The number of nitrogens with two attached hydrogens (primary N) is 1. The van der Waals surface area contributed by atoms with Gasteiger partial charge in [-0.05, 0) is 32.4 Å². The number of hydrogen-bond acceptors (Lipinski definition) is 2. The molecule has 0 spiro atoms. The van der Waals surface area contributed by atoms with Gasteiger partial charge in [0, 0.05) is 11.1 Å². The van der Waals surface area contributed by atoms with Crippen LogP contribution in [-0.4, -0.2) is 10.6 Å².